The second-order valence-electron chi connectivity index (χ2n) is 5.30. The summed E-state index contributed by atoms with van der Waals surface area (Å²) in [6, 6.07) is 8.88. The Morgan fingerprint density at radius 2 is 1.74 bits per heavy atom. The molecule has 0 spiro atoms. The summed E-state index contributed by atoms with van der Waals surface area (Å²) in [5.41, 5.74) is 0.596. The van der Waals surface area contributed by atoms with Gasteiger partial charge in [0.1, 0.15) is 0 Å². The van der Waals surface area contributed by atoms with Crippen molar-refractivity contribution < 1.29 is 13.2 Å². The van der Waals surface area contributed by atoms with Gasteiger partial charge in [0.25, 0.3) is 0 Å². The van der Waals surface area contributed by atoms with Gasteiger partial charge < -0.3 is 0 Å². The molecule has 3 nitrogen and oxygen atoms in total. The van der Waals surface area contributed by atoms with Crippen molar-refractivity contribution in [3.8, 4) is 0 Å². The summed E-state index contributed by atoms with van der Waals surface area (Å²) in [5, 5.41) is 0. The van der Waals surface area contributed by atoms with Crippen molar-refractivity contribution in [3.63, 3.8) is 0 Å². The van der Waals surface area contributed by atoms with E-state index in [0.717, 1.165) is 25.7 Å². The lowest BCUT2D eigenvalue weighted by atomic mass is 10.1. The average molecular weight is 280 g/mol. The highest BCUT2D eigenvalue weighted by Gasteiger charge is 2.23. The van der Waals surface area contributed by atoms with Crippen LogP contribution in [0.4, 0.5) is 0 Å². The Morgan fingerprint density at radius 1 is 1.11 bits per heavy atom. The SMILES string of the molecule is O=C(CCS(=O)(=O)CC1CCCC1)c1ccccc1. The van der Waals surface area contributed by atoms with Crippen LogP contribution in [0, 0.1) is 5.92 Å². The Hall–Kier alpha value is -1.16. The van der Waals surface area contributed by atoms with Gasteiger partial charge in [-0.3, -0.25) is 4.79 Å². The smallest absolute Gasteiger partial charge is 0.163 e. The first-order valence-corrected chi connectivity index (χ1v) is 8.68. The molecular weight excluding hydrogens is 260 g/mol. The molecule has 1 saturated carbocycles. The number of rotatable bonds is 6. The van der Waals surface area contributed by atoms with Crippen molar-refractivity contribution in [1.29, 1.82) is 0 Å². The van der Waals surface area contributed by atoms with Crippen molar-refractivity contribution in [2.75, 3.05) is 11.5 Å². The van der Waals surface area contributed by atoms with Gasteiger partial charge >= 0.3 is 0 Å². The average Bonchev–Trinajstić information content (AvgIpc) is 2.89. The first kappa shape index (κ1) is 14.3. The summed E-state index contributed by atoms with van der Waals surface area (Å²) < 4.78 is 23.9. The summed E-state index contributed by atoms with van der Waals surface area (Å²) in [4.78, 5) is 11.9. The number of ketones is 1. The third-order valence-electron chi connectivity index (χ3n) is 3.70. The lowest BCUT2D eigenvalue weighted by Gasteiger charge is -2.09. The topological polar surface area (TPSA) is 51.2 Å². The molecule has 1 aromatic rings. The molecule has 0 saturated heterocycles. The summed E-state index contributed by atoms with van der Waals surface area (Å²) in [5.74, 6) is 0.471. The molecule has 0 aromatic heterocycles. The molecule has 0 unspecified atom stereocenters. The standard InChI is InChI=1S/C15H20O3S/c16-15(14-8-2-1-3-9-14)10-11-19(17,18)12-13-6-4-5-7-13/h1-3,8-9,13H,4-7,10-12H2. The zero-order valence-electron chi connectivity index (χ0n) is 11.0. The molecule has 1 aliphatic rings. The minimum atomic E-state index is -3.09. The van der Waals surface area contributed by atoms with Gasteiger partial charge in [-0.15, -0.1) is 0 Å². The molecule has 0 aliphatic heterocycles. The molecule has 19 heavy (non-hydrogen) atoms. The van der Waals surface area contributed by atoms with Crippen LogP contribution in [0.25, 0.3) is 0 Å². The van der Waals surface area contributed by atoms with Crippen LogP contribution >= 0.6 is 0 Å². The molecule has 0 heterocycles. The van der Waals surface area contributed by atoms with Crippen molar-refractivity contribution in [3.05, 3.63) is 35.9 Å². The lowest BCUT2D eigenvalue weighted by molar-refractivity contribution is 0.0988. The van der Waals surface area contributed by atoms with Crippen LogP contribution in [0.5, 0.6) is 0 Å². The quantitative estimate of drug-likeness (QED) is 0.753. The third-order valence-corrected chi connectivity index (χ3v) is 5.51. The first-order chi connectivity index (χ1) is 9.07. The number of hydrogen-bond acceptors (Lipinski definition) is 3. The highest BCUT2D eigenvalue weighted by molar-refractivity contribution is 7.91. The second kappa shape index (κ2) is 6.33. The van der Waals surface area contributed by atoms with E-state index in [1.807, 2.05) is 6.07 Å². The van der Waals surface area contributed by atoms with E-state index in [1.165, 1.54) is 0 Å². The molecule has 1 aliphatic carbocycles. The fourth-order valence-corrected chi connectivity index (χ4v) is 4.35. The molecule has 1 aromatic carbocycles. The van der Waals surface area contributed by atoms with Gasteiger partial charge in [0.15, 0.2) is 15.6 Å². The summed E-state index contributed by atoms with van der Waals surface area (Å²) in [6.45, 7) is 0. The van der Waals surface area contributed by atoms with E-state index in [-0.39, 0.29) is 23.7 Å². The van der Waals surface area contributed by atoms with E-state index >= 15 is 0 Å². The molecule has 0 radical (unpaired) electrons. The van der Waals surface area contributed by atoms with Gasteiger partial charge in [0.2, 0.25) is 0 Å². The molecule has 0 N–H and O–H groups in total. The molecule has 0 bridgehead atoms. The van der Waals surface area contributed by atoms with Crippen molar-refractivity contribution in [2.24, 2.45) is 5.92 Å². The number of sulfone groups is 1. The lowest BCUT2D eigenvalue weighted by Crippen LogP contribution is -2.19. The predicted octanol–water partition coefficient (Wildman–Crippen LogP) is 2.86. The van der Waals surface area contributed by atoms with Crippen LogP contribution in [0.15, 0.2) is 30.3 Å². The summed E-state index contributed by atoms with van der Waals surface area (Å²) in [7, 11) is -3.09. The molecule has 2 rings (SSSR count). The van der Waals surface area contributed by atoms with E-state index in [2.05, 4.69) is 0 Å². The highest BCUT2D eigenvalue weighted by atomic mass is 32.2. The maximum atomic E-state index is 12.0. The summed E-state index contributed by atoms with van der Waals surface area (Å²) in [6.07, 6.45) is 4.42. The minimum Gasteiger partial charge on any atom is -0.294 e. The Labute approximate surface area is 114 Å². The van der Waals surface area contributed by atoms with Crippen LogP contribution in [-0.2, 0) is 9.84 Å². The molecule has 4 heteroatoms. The van der Waals surface area contributed by atoms with E-state index < -0.39 is 9.84 Å². The van der Waals surface area contributed by atoms with Gasteiger partial charge in [0, 0.05) is 12.0 Å². The largest absolute Gasteiger partial charge is 0.294 e. The van der Waals surface area contributed by atoms with Crippen molar-refractivity contribution in [2.45, 2.75) is 32.1 Å². The van der Waals surface area contributed by atoms with E-state index in [0.29, 0.717) is 11.5 Å². The Kier molecular flexibility index (Phi) is 4.75. The zero-order chi connectivity index (χ0) is 13.7. The van der Waals surface area contributed by atoms with E-state index in [9.17, 15) is 13.2 Å². The normalized spacial score (nSPS) is 16.6. The van der Waals surface area contributed by atoms with E-state index in [1.54, 1.807) is 24.3 Å². The first-order valence-electron chi connectivity index (χ1n) is 6.85. The zero-order valence-corrected chi connectivity index (χ0v) is 11.9. The number of carbonyl (C=O) groups excluding carboxylic acids is 1. The fourth-order valence-electron chi connectivity index (χ4n) is 2.64. The number of carbonyl (C=O) groups is 1. The monoisotopic (exact) mass is 280 g/mol. The number of Topliss-reactive ketones (excluding diaryl/α,β-unsaturated/α-hetero) is 1. The maximum Gasteiger partial charge on any atom is 0.163 e. The molecule has 0 atom stereocenters. The van der Waals surface area contributed by atoms with Crippen LogP contribution in [0.2, 0.25) is 0 Å². The Bertz CT molecular complexity index is 514. The van der Waals surface area contributed by atoms with Gasteiger partial charge in [0.05, 0.1) is 11.5 Å². The van der Waals surface area contributed by atoms with Gasteiger partial charge in [-0.1, -0.05) is 43.2 Å². The van der Waals surface area contributed by atoms with Crippen LogP contribution in [-0.4, -0.2) is 25.7 Å². The van der Waals surface area contributed by atoms with Crippen molar-refractivity contribution in [1.82, 2.24) is 0 Å². The van der Waals surface area contributed by atoms with Crippen LogP contribution in [0.1, 0.15) is 42.5 Å². The Balaban J connectivity index is 1.85. The molecule has 0 amide bonds. The summed E-state index contributed by atoms with van der Waals surface area (Å²) >= 11 is 0. The molecule has 104 valence electrons. The molecule has 1 fully saturated rings. The van der Waals surface area contributed by atoms with Gasteiger partial charge in [-0.2, -0.15) is 0 Å². The van der Waals surface area contributed by atoms with Gasteiger partial charge in [-0.25, -0.2) is 8.42 Å². The van der Waals surface area contributed by atoms with Gasteiger partial charge in [-0.05, 0) is 18.8 Å². The highest BCUT2D eigenvalue weighted by Crippen LogP contribution is 2.26. The molecular formula is C15H20O3S. The third kappa shape index (κ3) is 4.46. The second-order valence-corrected chi connectivity index (χ2v) is 7.53. The van der Waals surface area contributed by atoms with Crippen LogP contribution < -0.4 is 0 Å². The van der Waals surface area contributed by atoms with Crippen LogP contribution in [0.3, 0.4) is 0 Å². The predicted molar refractivity (Wildman–Crippen MR) is 76.0 cm³/mol. The number of benzene rings is 1. The minimum absolute atomic E-state index is 0.0166. The number of hydrogen-bond donors (Lipinski definition) is 0. The fraction of sp³-hybridized carbons (Fsp3) is 0.533. The maximum absolute atomic E-state index is 12.0. The van der Waals surface area contributed by atoms with E-state index in [4.69, 9.17) is 0 Å². The van der Waals surface area contributed by atoms with Crippen molar-refractivity contribution >= 4 is 15.6 Å². The Morgan fingerprint density at radius 3 is 2.37 bits per heavy atom.